The molecule has 0 aromatic heterocycles. The van der Waals surface area contributed by atoms with Gasteiger partial charge in [0.25, 0.3) is 0 Å². The third-order valence-electron chi connectivity index (χ3n) is 0. The van der Waals surface area contributed by atoms with Crippen LogP contribution in [0.5, 0.6) is 0 Å². The van der Waals surface area contributed by atoms with Crippen molar-refractivity contribution in [3.63, 3.8) is 0 Å². The van der Waals surface area contributed by atoms with E-state index in [1.54, 1.807) is 0 Å². The van der Waals surface area contributed by atoms with Crippen LogP contribution in [0.25, 0.3) is 0 Å². The van der Waals surface area contributed by atoms with E-state index in [4.69, 9.17) is 0 Å². The molecule has 0 aromatic carbocycles. The summed E-state index contributed by atoms with van der Waals surface area (Å²) in [6.45, 7) is 0. The van der Waals surface area contributed by atoms with E-state index in [9.17, 15) is 6.94 Å². The zero-order valence-corrected chi connectivity index (χ0v) is 7.31. The first-order valence-corrected chi connectivity index (χ1v) is 13.1. The van der Waals surface area contributed by atoms with Gasteiger partial charge in [-0.2, -0.15) is 0 Å². The maximum absolute atomic E-state index is 9.62. The van der Waals surface area contributed by atoms with Crippen molar-refractivity contribution >= 4 is 80.0 Å². The van der Waals surface area contributed by atoms with Gasteiger partial charge in [0.05, 0.1) is 0 Å². The van der Waals surface area contributed by atoms with Gasteiger partial charge in [0.2, 0.25) is 0 Å². The fraction of sp³-hybridized carbons (Fsp3) is 0. The van der Waals surface area contributed by atoms with Crippen LogP contribution < -0.4 is 0 Å². The molecule has 7 heavy (non-hydrogen) atoms. The summed E-state index contributed by atoms with van der Waals surface area (Å²) in [5.41, 5.74) is 0. The van der Waals surface area contributed by atoms with E-state index in [1.165, 1.54) is 0 Å². The van der Waals surface area contributed by atoms with Crippen molar-refractivity contribution in [2.75, 3.05) is 0 Å². The molecule has 42 valence electrons. The predicted octanol–water partition coefficient (Wildman–Crippen LogP) is 1.18. The Morgan fingerprint density at radius 3 is 1.00 bits per heavy atom. The average Bonchev–Trinajstić information content (AvgIpc) is 0.650. The molecule has 0 bridgehead atoms. The van der Waals surface area contributed by atoms with Crippen molar-refractivity contribution in [2.24, 2.45) is 0 Å². The second-order valence-electron chi connectivity index (χ2n) is 0.575. The summed E-state index contributed by atoms with van der Waals surface area (Å²) in [6.07, 6.45) is 0. The van der Waals surface area contributed by atoms with Crippen molar-refractivity contribution in [3.8, 4) is 0 Å². The topological polar surface area (TPSA) is 34.1 Å². The molecule has 7 heteroatoms. The van der Waals surface area contributed by atoms with Gasteiger partial charge in [-0.05, 0) is 0 Å². The zero-order valence-electron chi connectivity index (χ0n) is 2.33. The molecule has 0 N–H and O–H groups in total. The molecule has 0 saturated heterocycles. The maximum atomic E-state index is 9.62. The van der Waals surface area contributed by atoms with Gasteiger partial charge in [-0.25, -0.2) is 0 Å². The van der Waals surface area contributed by atoms with Gasteiger partial charge >= 0.3 is 98.1 Å². The summed E-state index contributed by atoms with van der Waals surface area (Å²) < 4.78 is 19.2. The van der Waals surface area contributed by atoms with E-state index >= 15 is 0 Å². The normalized spacial score (nSPS) is 16.1. The molecule has 0 rings (SSSR count). The quantitative estimate of drug-likeness (QED) is 0.605. The van der Waals surface area contributed by atoms with Crippen molar-refractivity contribution in [1.29, 1.82) is 0 Å². The van der Waals surface area contributed by atoms with Crippen LogP contribution in [-0.4, -0.2) is 51.4 Å². The van der Waals surface area contributed by atoms with Crippen LogP contribution in [0.3, 0.4) is 0 Å². The van der Waals surface area contributed by atoms with E-state index in [0.717, 1.165) is 0 Å². The van der Waals surface area contributed by atoms with E-state index < -0.39 is 11.2 Å². The van der Waals surface area contributed by atoms with Crippen LogP contribution in [0.15, 0.2) is 0 Å². The zero-order chi connectivity index (χ0) is 5.45. The monoisotopic (exact) mass is 364 g/mol. The summed E-state index contributed by atoms with van der Waals surface area (Å²) in [6, 6.07) is 0. The molecule has 0 saturated carbocycles. The summed E-state index contributed by atoms with van der Waals surface area (Å²) >= 11 is -5.78. The summed E-state index contributed by atoms with van der Waals surface area (Å²) in [5, 5.41) is 0. The third kappa shape index (κ3) is 52.4. The Kier molecular flexibility index (Phi) is 5.77. The first kappa shape index (κ1) is 12.4. The van der Waals surface area contributed by atoms with Gasteiger partial charge in [-0.1, -0.05) is 0 Å². The van der Waals surface area contributed by atoms with E-state index in [2.05, 4.69) is 28.6 Å². The van der Waals surface area contributed by atoms with Crippen LogP contribution in [0.1, 0.15) is 0 Å². The Balaban J connectivity index is 0. The SMILES string of the molecule is [KH].[O]=[Re](=[O])([Cl])([Cl])[Cl]. The second kappa shape index (κ2) is 3.25. The molecule has 0 amide bonds. The van der Waals surface area contributed by atoms with Crippen molar-refractivity contribution < 1.29 is 18.1 Å². The molecule has 2 nitrogen and oxygen atoms in total. The van der Waals surface area contributed by atoms with Crippen LogP contribution in [0.2, 0.25) is 0 Å². The predicted molar refractivity (Wildman–Crippen MR) is 26.1 cm³/mol. The van der Waals surface area contributed by atoms with Crippen LogP contribution >= 0.6 is 28.6 Å². The van der Waals surface area contributed by atoms with E-state index in [-0.39, 0.29) is 51.4 Å². The van der Waals surface area contributed by atoms with Crippen molar-refractivity contribution in [3.05, 3.63) is 0 Å². The molecule has 0 unspecified atom stereocenters. The number of halogens is 3. The summed E-state index contributed by atoms with van der Waals surface area (Å²) in [5.74, 6) is 0. The number of rotatable bonds is 0. The summed E-state index contributed by atoms with van der Waals surface area (Å²) in [4.78, 5) is 0. The fourth-order valence-electron chi connectivity index (χ4n) is 0. The first-order valence-electron chi connectivity index (χ1n) is 0.737. The van der Waals surface area contributed by atoms with Gasteiger partial charge in [0.1, 0.15) is 0 Å². The Hall–Kier alpha value is 2.77. The molecule has 0 aliphatic heterocycles. The van der Waals surface area contributed by atoms with Crippen LogP contribution in [0, 0.1) is 0 Å². The molecule has 0 spiro atoms. The molecule has 0 fully saturated rings. The molecule has 0 heterocycles. The second-order valence-corrected chi connectivity index (χ2v) is 21.0. The molecule has 0 aliphatic rings. The van der Waals surface area contributed by atoms with Gasteiger partial charge in [0.15, 0.2) is 0 Å². The molecule has 0 aliphatic carbocycles. The molecule has 0 radical (unpaired) electrons. The van der Waals surface area contributed by atoms with Crippen LogP contribution in [-0.2, 0) is 18.1 Å². The minimum atomic E-state index is -5.78. The Morgan fingerprint density at radius 2 is 1.00 bits per heavy atom. The van der Waals surface area contributed by atoms with Gasteiger partial charge in [-0.15, -0.1) is 0 Å². The molecular formula is HCl3KO2Re. The average molecular weight is 365 g/mol. The van der Waals surface area contributed by atoms with Gasteiger partial charge in [-0.3, -0.25) is 0 Å². The van der Waals surface area contributed by atoms with E-state index in [1.807, 2.05) is 0 Å². The van der Waals surface area contributed by atoms with Gasteiger partial charge in [0, 0.05) is 0 Å². The number of hydrogen-bond acceptors (Lipinski definition) is 2. The fourth-order valence-corrected chi connectivity index (χ4v) is 0. The Labute approximate surface area is 95.6 Å². The Morgan fingerprint density at radius 1 is 1.00 bits per heavy atom. The van der Waals surface area contributed by atoms with Crippen molar-refractivity contribution in [1.82, 2.24) is 0 Å². The number of hydrogen-bond donors (Lipinski definition) is 0. The van der Waals surface area contributed by atoms with Gasteiger partial charge < -0.3 is 0 Å². The van der Waals surface area contributed by atoms with E-state index in [0.29, 0.717) is 0 Å². The molecule has 0 aromatic rings. The minimum absolute atomic E-state index is 0. The van der Waals surface area contributed by atoms with Crippen LogP contribution in [0.4, 0.5) is 0 Å². The molecular weight excluding hydrogens is 364 g/mol. The molecule has 0 atom stereocenters. The van der Waals surface area contributed by atoms with Crippen molar-refractivity contribution in [2.45, 2.75) is 0 Å². The first-order chi connectivity index (χ1) is 2.24. The third-order valence-corrected chi connectivity index (χ3v) is 0. The standard InChI is InChI=1S/3ClH.K.2O.Re.H/h3*1H;;;;;/q;;;;;;+3;/p-3. The summed E-state index contributed by atoms with van der Waals surface area (Å²) in [7, 11) is 13.2. The Bertz CT molecular complexity index is 140.